The van der Waals surface area contributed by atoms with E-state index >= 15 is 0 Å². The molecule has 2 aliphatic carbocycles. The van der Waals surface area contributed by atoms with Crippen molar-refractivity contribution in [1.82, 2.24) is 10.0 Å². The van der Waals surface area contributed by atoms with Crippen LogP contribution in [0.15, 0.2) is 58.6 Å². The molecule has 220 valence electrons. The molecule has 2 aromatic carbocycles. The van der Waals surface area contributed by atoms with Crippen LogP contribution in [0.3, 0.4) is 0 Å². The molecule has 1 saturated carbocycles. The number of ether oxygens (including phenoxy) is 1. The predicted octanol–water partition coefficient (Wildman–Crippen LogP) is 5.68. The minimum absolute atomic E-state index is 0.125. The Morgan fingerprint density at radius 1 is 0.905 bits per heavy atom. The van der Waals surface area contributed by atoms with E-state index in [1.807, 2.05) is 0 Å². The summed E-state index contributed by atoms with van der Waals surface area (Å²) in [5, 5.41) is 11.6. The molecule has 0 unspecified atom stereocenters. The average Bonchev–Trinajstić information content (AvgIpc) is 3.35. The van der Waals surface area contributed by atoms with E-state index in [1.165, 1.54) is 38.3 Å². The first-order valence-corrected chi connectivity index (χ1v) is 14.3. The highest BCUT2D eigenvalue weighted by molar-refractivity contribution is 6.66. The lowest BCUT2D eigenvalue weighted by Crippen LogP contribution is -2.59. The summed E-state index contributed by atoms with van der Waals surface area (Å²) in [5.41, 5.74) is -0.362. The number of allylic oxidation sites excluding steroid dienone is 2. The maximum Gasteiger partial charge on any atom is 0.273 e. The lowest BCUT2D eigenvalue weighted by Gasteiger charge is -2.38. The number of nitro benzene ring substituents is 1. The number of carbonyl (C=O) groups excluding carboxylic acids is 4. The number of nitro groups is 1. The van der Waals surface area contributed by atoms with Crippen molar-refractivity contribution in [2.24, 2.45) is 11.8 Å². The Balaban J connectivity index is 1.62. The number of carbonyl (C=O) groups is 4. The number of Topliss-reactive ketones (excluding diaryl/α,β-unsaturated/α-hetero) is 1. The number of hydrogen-bond acceptors (Lipinski definition) is 7. The molecule has 2 bridgehead atoms. The van der Waals surface area contributed by atoms with Crippen LogP contribution in [0.1, 0.15) is 27.6 Å². The smallest absolute Gasteiger partial charge is 0.273 e. The van der Waals surface area contributed by atoms with Crippen LogP contribution in [0.25, 0.3) is 0 Å². The molecule has 1 heterocycles. The maximum absolute atomic E-state index is 14.1. The summed E-state index contributed by atoms with van der Waals surface area (Å²) in [6.45, 7) is 1.30. The molecule has 0 aromatic heterocycles. The van der Waals surface area contributed by atoms with Crippen LogP contribution < -0.4 is 4.74 Å². The highest BCUT2D eigenvalue weighted by Gasteiger charge is 2.88. The number of hydrogen-bond donors (Lipinski definition) is 0. The SMILES string of the molecule is COc1ccc(C(=O)[C@H](C)N(C(=O)c2ccc([N+](=O)[O-])cc2)N2C(=O)[C@@H]3[C@H](C2=O)[C@@]2(Cl)C(Cl)=C(Cl)[C@@]3(Cl)C2(Cl)Cl)cc1. The number of methoxy groups -OCH3 is 1. The second-order valence-electron chi connectivity index (χ2n) is 9.79. The van der Waals surface area contributed by atoms with Gasteiger partial charge in [-0.25, -0.2) is 5.01 Å². The molecule has 3 aliphatic rings. The molecular weight excluding hydrogens is 679 g/mol. The molecule has 0 spiro atoms. The minimum Gasteiger partial charge on any atom is -0.497 e. The molecule has 10 nitrogen and oxygen atoms in total. The molecular formula is C26H17Cl6N3O7. The Labute approximate surface area is 268 Å². The highest BCUT2D eigenvalue weighted by Crippen LogP contribution is 2.77. The van der Waals surface area contributed by atoms with Gasteiger partial charge in [-0.3, -0.25) is 29.3 Å². The number of alkyl halides is 4. The van der Waals surface area contributed by atoms with Crippen LogP contribution >= 0.6 is 69.6 Å². The lowest BCUT2D eigenvalue weighted by atomic mass is 9.84. The van der Waals surface area contributed by atoms with E-state index in [-0.39, 0.29) is 26.9 Å². The zero-order chi connectivity index (χ0) is 31.1. The second-order valence-corrected chi connectivity index (χ2v) is 13.1. The summed E-state index contributed by atoms with van der Waals surface area (Å²) in [6.07, 6.45) is 0. The van der Waals surface area contributed by atoms with Crippen molar-refractivity contribution in [3.63, 3.8) is 0 Å². The minimum atomic E-state index is -2.21. The first kappa shape index (κ1) is 30.8. The zero-order valence-electron chi connectivity index (χ0n) is 21.3. The molecule has 1 aliphatic heterocycles. The van der Waals surface area contributed by atoms with Crippen LogP contribution in [-0.4, -0.2) is 65.7 Å². The van der Waals surface area contributed by atoms with Crippen molar-refractivity contribution in [2.75, 3.05) is 7.11 Å². The van der Waals surface area contributed by atoms with E-state index in [2.05, 4.69) is 0 Å². The largest absolute Gasteiger partial charge is 0.497 e. The number of non-ortho nitro benzene ring substituents is 1. The van der Waals surface area contributed by atoms with Gasteiger partial charge in [-0.1, -0.05) is 46.4 Å². The van der Waals surface area contributed by atoms with Crippen molar-refractivity contribution >= 4 is 98.8 Å². The van der Waals surface area contributed by atoms with Crippen LogP contribution in [-0.2, 0) is 9.59 Å². The molecule has 0 radical (unpaired) electrons. The van der Waals surface area contributed by atoms with E-state index in [0.717, 1.165) is 24.3 Å². The van der Waals surface area contributed by atoms with Crippen molar-refractivity contribution < 1.29 is 28.8 Å². The number of benzene rings is 2. The Hall–Kier alpha value is -2.60. The van der Waals surface area contributed by atoms with Gasteiger partial charge in [-0.2, -0.15) is 5.01 Å². The van der Waals surface area contributed by atoms with Crippen LogP contribution in [0.5, 0.6) is 5.75 Å². The van der Waals surface area contributed by atoms with Crippen molar-refractivity contribution in [3.05, 3.63) is 79.8 Å². The quantitative estimate of drug-likeness (QED) is 0.120. The summed E-state index contributed by atoms with van der Waals surface area (Å²) in [4.78, 5) is 61.9. The summed E-state index contributed by atoms with van der Waals surface area (Å²) in [5.74, 6) is -6.45. The van der Waals surface area contributed by atoms with Crippen molar-refractivity contribution in [3.8, 4) is 5.75 Å². The normalized spacial score (nSPS) is 28.1. The molecule has 42 heavy (non-hydrogen) atoms. The summed E-state index contributed by atoms with van der Waals surface area (Å²) in [7, 11) is 1.44. The van der Waals surface area contributed by atoms with Gasteiger partial charge in [0.1, 0.15) is 21.5 Å². The first-order chi connectivity index (χ1) is 19.6. The second kappa shape index (κ2) is 10.2. The molecule has 0 N–H and O–H groups in total. The van der Waals surface area contributed by atoms with Gasteiger partial charge in [0.05, 0.1) is 33.9 Å². The van der Waals surface area contributed by atoms with E-state index in [0.29, 0.717) is 15.8 Å². The number of nitrogens with zero attached hydrogens (tertiary/aromatic N) is 3. The molecule has 5 rings (SSSR count). The lowest BCUT2D eigenvalue weighted by molar-refractivity contribution is -0.384. The van der Waals surface area contributed by atoms with Crippen LogP contribution in [0, 0.1) is 22.0 Å². The summed E-state index contributed by atoms with van der Waals surface area (Å²) >= 11 is 39.4. The fraction of sp³-hybridized carbons (Fsp3) is 0.308. The molecule has 2 fully saturated rings. The third-order valence-electron chi connectivity index (χ3n) is 7.75. The topological polar surface area (TPSA) is 127 Å². The van der Waals surface area contributed by atoms with Gasteiger partial charge in [-0.15, -0.1) is 23.2 Å². The number of halogens is 6. The summed E-state index contributed by atoms with van der Waals surface area (Å²) in [6, 6.07) is 8.80. The van der Waals surface area contributed by atoms with Gasteiger partial charge >= 0.3 is 0 Å². The van der Waals surface area contributed by atoms with Gasteiger partial charge in [0.25, 0.3) is 23.4 Å². The number of imide groups is 1. The fourth-order valence-electron chi connectivity index (χ4n) is 5.60. The van der Waals surface area contributed by atoms with Gasteiger partial charge in [0.15, 0.2) is 10.1 Å². The predicted molar refractivity (Wildman–Crippen MR) is 155 cm³/mol. The Morgan fingerprint density at radius 2 is 1.36 bits per heavy atom. The Kier molecular flexibility index (Phi) is 7.53. The highest BCUT2D eigenvalue weighted by atomic mass is 35.5. The molecule has 16 heteroatoms. The summed E-state index contributed by atoms with van der Waals surface area (Å²) < 4.78 is 2.91. The third-order valence-corrected chi connectivity index (χ3v) is 12.0. The van der Waals surface area contributed by atoms with Crippen molar-refractivity contribution in [1.29, 1.82) is 0 Å². The number of hydrazine groups is 1. The molecule has 3 amide bonds. The van der Waals surface area contributed by atoms with Crippen molar-refractivity contribution in [2.45, 2.75) is 27.0 Å². The van der Waals surface area contributed by atoms with Gasteiger partial charge < -0.3 is 4.74 Å². The monoisotopic (exact) mass is 693 g/mol. The number of rotatable bonds is 7. The van der Waals surface area contributed by atoms with Gasteiger partial charge in [0, 0.05) is 23.3 Å². The fourth-order valence-corrected chi connectivity index (χ4v) is 8.53. The maximum atomic E-state index is 14.1. The van der Waals surface area contributed by atoms with E-state index < -0.39 is 60.4 Å². The Bertz CT molecular complexity index is 1550. The molecule has 1 saturated heterocycles. The first-order valence-electron chi connectivity index (χ1n) is 12.0. The number of amides is 3. The van der Waals surface area contributed by atoms with E-state index in [9.17, 15) is 29.3 Å². The van der Waals surface area contributed by atoms with Crippen LogP contribution in [0.4, 0.5) is 5.69 Å². The number of fused-ring (bicyclic) bond motifs is 5. The average molecular weight is 696 g/mol. The number of ketones is 1. The van der Waals surface area contributed by atoms with E-state index in [1.54, 1.807) is 0 Å². The van der Waals surface area contributed by atoms with Gasteiger partial charge in [-0.05, 0) is 43.3 Å². The van der Waals surface area contributed by atoms with Gasteiger partial charge in [0.2, 0.25) is 0 Å². The third kappa shape index (κ3) is 3.85. The molecule has 5 atom stereocenters. The van der Waals surface area contributed by atoms with E-state index in [4.69, 9.17) is 74.3 Å². The molecule has 2 aromatic rings. The Morgan fingerprint density at radius 3 is 1.79 bits per heavy atom. The zero-order valence-corrected chi connectivity index (χ0v) is 25.9. The van der Waals surface area contributed by atoms with Crippen LogP contribution in [0.2, 0.25) is 0 Å². The standard InChI is InChI=1S/C26H17Cl6N3O7/c1-11(18(36)12-5-9-15(42-2)10-6-12)33(21(37)13-3-7-14(8-4-13)35(40)41)34-22(38)16-17(23(34)39)25(30)20(28)19(27)24(16,29)26(25,31)32/h3-11,16-17H,1-2H3/t11-,16-,17+,24+,25+/m0/s1.